The second kappa shape index (κ2) is 8.95. The molecule has 0 N–H and O–H groups in total. The van der Waals surface area contributed by atoms with E-state index in [2.05, 4.69) is 29.2 Å². The second-order valence-corrected chi connectivity index (χ2v) is 8.21. The Morgan fingerprint density at radius 1 is 1.04 bits per heavy atom. The number of ether oxygens (including phenoxy) is 1. The molecule has 0 radical (unpaired) electrons. The summed E-state index contributed by atoms with van der Waals surface area (Å²) in [6, 6.07) is 8.66. The minimum atomic E-state index is 0.215. The Labute approximate surface area is 165 Å². The molecule has 5 nitrogen and oxygen atoms in total. The lowest BCUT2D eigenvalue weighted by molar-refractivity contribution is -0.131. The van der Waals surface area contributed by atoms with E-state index in [1.165, 1.54) is 12.0 Å². The number of amides is 1. The van der Waals surface area contributed by atoms with Crippen LogP contribution in [0.1, 0.15) is 30.5 Å². The van der Waals surface area contributed by atoms with Crippen LogP contribution in [0, 0.1) is 0 Å². The lowest BCUT2D eigenvalue weighted by atomic mass is 10.1. The molecular formula is C21H27N3O2S. The molecule has 6 heteroatoms. The van der Waals surface area contributed by atoms with Gasteiger partial charge in [0.05, 0.1) is 25.3 Å². The van der Waals surface area contributed by atoms with Crippen molar-refractivity contribution in [3.63, 3.8) is 0 Å². The van der Waals surface area contributed by atoms with Crippen molar-refractivity contribution in [2.75, 3.05) is 39.4 Å². The molecule has 2 aromatic rings. The molecule has 4 rings (SSSR count). The number of hydrogen-bond donors (Lipinski definition) is 0. The summed E-state index contributed by atoms with van der Waals surface area (Å²) >= 11 is 1.62. The molecule has 2 aliphatic heterocycles. The largest absolute Gasteiger partial charge is 0.379 e. The van der Waals surface area contributed by atoms with Gasteiger partial charge in [-0.15, -0.1) is 11.3 Å². The van der Waals surface area contributed by atoms with Gasteiger partial charge < -0.3 is 9.64 Å². The number of morpholine rings is 1. The molecule has 1 aromatic heterocycles. The standard InChI is InChI=1S/C21H27N3O2S/c25-20(24-8-2-1-3-9-24)14-19-16-27-21(22-19)18-6-4-17(5-7-18)15-23-10-12-26-13-11-23/h4-7,16H,1-3,8-15H2. The molecule has 0 bridgehead atoms. The summed E-state index contributed by atoms with van der Waals surface area (Å²) in [5.41, 5.74) is 3.34. The van der Waals surface area contributed by atoms with Crippen molar-refractivity contribution in [3.8, 4) is 10.6 Å². The number of rotatable bonds is 5. The van der Waals surface area contributed by atoms with Crippen LogP contribution in [0.4, 0.5) is 0 Å². The second-order valence-electron chi connectivity index (χ2n) is 7.35. The summed E-state index contributed by atoms with van der Waals surface area (Å²) in [6.07, 6.45) is 3.92. The number of carbonyl (C=O) groups is 1. The van der Waals surface area contributed by atoms with Gasteiger partial charge in [0.15, 0.2) is 0 Å². The Morgan fingerprint density at radius 3 is 2.52 bits per heavy atom. The van der Waals surface area contributed by atoms with Crippen molar-refractivity contribution in [2.24, 2.45) is 0 Å². The molecule has 2 aliphatic rings. The van der Waals surface area contributed by atoms with E-state index in [0.717, 1.165) is 75.0 Å². The normalized spacial score (nSPS) is 18.6. The highest BCUT2D eigenvalue weighted by molar-refractivity contribution is 7.13. The maximum absolute atomic E-state index is 12.4. The summed E-state index contributed by atoms with van der Waals surface area (Å²) < 4.78 is 5.41. The first-order valence-corrected chi connectivity index (χ1v) is 10.8. The summed E-state index contributed by atoms with van der Waals surface area (Å²) in [5.74, 6) is 0.215. The van der Waals surface area contributed by atoms with E-state index < -0.39 is 0 Å². The maximum atomic E-state index is 12.4. The number of thiazole rings is 1. The van der Waals surface area contributed by atoms with Gasteiger partial charge in [-0.3, -0.25) is 9.69 Å². The topological polar surface area (TPSA) is 45.7 Å². The van der Waals surface area contributed by atoms with Crippen molar-refractivity contribution in [2.45, 2.75) is 32.2 Å². The fraction of sp³-hybridized carbons (Fsp3) is 0.524. The van der Waals surface area contributed by atoms with E-state index in [9.17, 15) is 4.79 Å². The minimum Gasteiger partial charge on any atom is -0.379 e. The number of carbonyl (C=O) groups excluding carboxylic acids is 1. The predicted octanol–water partition coefficient (Wildman–Crippen LogP) is 3.20. The lowest BCUT2D eigenvalue weighted by Gasteiger charge is -2.26. The summed E-state index contributed by atoms with van der Waals surface area (Å²) in [5, 5.41) is 3.02. The number of aromatic nitrogens is 1. The third-order valence-electron chi connectivity index (χ3n) is 5.30. The van der Waals surface area contributed by atoms with Crippen molar-refractivity contribution >= 4 is 17.2 Å². The van der Waals surface area contributed by atoms with Gasteiger partial charge in [0, 0.05) is 43.7 Å². The van der Waals surface area contributed by atoms with Gasteiger partial charge in [-0.2, -0.15) is 0 Å². The van der Waals surface area contributed by atoms with Crippen LogP contribution >= 0.6 is 11.3 Å². The molecule has 0 unspecified atom stereocenters. The predicted molar refractivity (Wildman–Crippen MR) is 108 cm³/mol. The third kappa shape index (κ3) is 4.94. The zero-order valence-electron chi connectivity index (χ0n) is 15.7. The first-order chi connectivity index (χ1) is 13.3. The Morgan fingerprint density at radius 2 is 1.78 bits per heavy atom. The molecule has 2 saturated heterocycles. The Balaban J connectivity index is 1.35. The quantitative estimate of drug-likeness (QED) is 0.793. The Kier molecular flexibility index (Phi) is 6.17. The van der Waals surface area contributed by atoms with Gasteiger partial charge in [0.1, 0.15) is 5.01 Å². The van der Waals surface area contributed by atoms with Crippen LogP contribution in [0.5, 0.6) is 0 Å². The minimum absolute atomic E-state index is 0.215. The molecule has 0 aliphatic carbocycles. The lowest BCUT2D eigenvalue weighted by Crippen LogP contribution is -2.36. The first-order valence-electron chi connectivity index (χ1n) is 9.89. The Hall–Kier alpha value is -1.76. The van der Waals surface area contributed by atoms with Crippen LogP contribution in [0.3, 0.4) is 0 Å². The molecule has 1 amide bonds. The number of benzene rings is 1. The number of piperidine rings is 1. The zero-order valence-corrected chi connectivity index (χ0v) is 16.5. The molecule has 0 atom stereocenters. The van der Waals surface area contributed by atoms with Crippen LogP contribution in [-0.2, 0) is 22.5 Å². The van der Waals surface area contributed by atoms with Crippen molar-refractivity contribution < 1.29 is 9.53 Å². The van der Waals surface area contributed by atoms with Crippen LogP contribution in [0.25, 0.3) is 10.6 Å². The molecule has 1 aromatic carbocycles. The van der Waals surface area contributed by atoms with Gasteiger partial charge in [-0.05, 0) is 24.8 Å². The molecule has 27 heavy (non-hydrogen) atoms. The van der Waals surface area contributed by atoms with Crippen molar-refractivity contribution in [3.05, 3.63) is 40.9 Å². The fourth-order valence-corrected chi connectivity index (χ4v) is 4.53. The van der Waals surface area contributed by atoms with Crippen LogP contribution in [-0.4, -0.2) is 60.1 Å². The third-order valence-corrected chi connectivity index (χ3v) is 6.24. The van der Waals surface area contributed by atoms with Gasteiger partial charge in [0.2, 0.25) is 5.91 Å². The monoisotopic (exact) mass is 385 g/mol. The Bertz CT molecular complexity index is 747. The average molecular weight is 386 g/mol. The zero-order chi connectivity index (χ0) is 18.5. The van der Waals surface area contributed by atoms with E-state index in [1.807, 2.05) is 10.3 Å². The average Bonchev–Trinajstić information content (AvgIpc) is 3.18. The van der Waals surface area contributed by atoms with Crippen molar-refractivity contribution in [1.29, 1.82) is 0 Å². The van der Waals surface area contributed by atoms with Crippen LogP contribution in [0.15, 0.2) is 29.6 Å². The van der Waals surface area contributed by atoms with E-state index in [4.69, 9.17) is 9.72 Å². The smallest absolute Gasteiger partial charge is 0.228 e. The van der Waals surface area contributed by atoms with Crippen LogP contribution < -0.4 is 0 Å². The highest BCUT2D eigenvalue weighted by atomic mass is 32.1. The molecule has 2 fully saturated rings. The highest BCUT2D eigenvalue weighted by Crippen LogP contribution is 2.25. The summed E-state index contributed by atoms with van der Waals surface area (Å²) in [6.45, 7) is 6.44. The van der Waals surface area contributed by atoms with E-state index in [-0.39, 0.29) is 5.91 Å². The van der Waals surface area contributed by atoms with Gasteiger partial charge in [-0.1, -0.05) is 24.3 Å². The van der Waals surface area contributed by atoms with E-state index in [0.29, 0.717) is 6.42 Å². The summed E-state index contributed by atoms with van der Waals surface area (Å²) in [4.78, 5) is 21.5. The van der Waals surface area contributed by atoms with Gasteiger partial charge in [-0.25, -0.2) is 4.98 Å². The SMILES string of the molecule is O=C(Cc1csc(-c2ccc(CN3CCOCC3)cc2)n1)N1CCCCC1. The molecule has 0 spiro atoms. The number of likely N-dealkylation sites (tertiary alicyclic amines) is 1. The van der Waals surface area contributed by atoms with E-state index in [1.54, 1.807) is 11.3 Å². The van der Waals surface area contributed by atoms with Crippen LogP contribution in [0.2, 0.25) is 0 Å². The van der Waals surface area contributed by atoms with E-state index >= 15 is 0 Å². The van der Waals surface area contributed by atoms with Gasteiger partial charge >= 0.3 is 0 Å². The molecule has 144 valence electrons. The molecular weight excluding hydrogens is 358 g/mol. The fourth-order valence-electron chi connectivity index (χ4n) is 3.70. The number of nitrogens with zero attached hydrogens (tertiary/aromatic N) is 3. The van der Waals surface area contributed by atoms with Crippen molar-refractivity contribution in [1.82, 2.24) is 14.8 Å². The molecule has 3 heterocycles. The summed E-state index contributed by atoms with van der Waals surface area (Å²) in [7, 11) is 0. The first kappa shape index (κ1) is 18.6. The highest BCUT2D eigenvalue weighted by Gasteiger charge is 2.18. The molecule has 0 saturated carbocycles. The number of hydrogen-bond acceptors (Lipinski definition) is 5. The van der Waals surface area contributed by atoms with Gasteiger partial charge in [0.25, 0.3) is 0 Å². The maximum Gasteiger partial charge on any atom is 0.228 e.